The first-order valence-electron chi connectivity index (χ1n) is 8.33. The molecule has 4 aliphatic rings. The highest BCUT2D eigenvalue weighted by atomic mass is 16.5. The van der Waals surface area contributed by atoms with Gasteiger partial charge in [-0.1, -0.05) is 6.07 Å². The quantitative estimate of drug-likeness (QED) is 0.792. The van der Waals surface area contributed by atoms with Crippen molar-refractivity contribution >= 4 is 0 Å². The predicted molar refractivity (Wildman–Crippen MR) is 81.2 cm³/mol. The van der Waals surface area contributed by atoms with Crippen LogP contribution in [-0.4, -0.2) is 37.7 Å². The highest BCUT2D eigenvalue weighted by molar-refractivity contribution is 5.60. The molecule has 3 nitrogen and oxygen atoms in total. The van der Waals surface area contributed by atoms with Gasteiger partial charge in [0.05, 0.1) is 7.11 Å². The molecule has 4 atom stereocenters. The third kappa shape index (κ3) is 1.30. The lowest BCUT2D eigenvalue weighted by molar-refractivity contribution is -0.0426. The third-order valence-corrected chi connectivity index (χ3v) is 6.71. The lowest BCUT2D eigenvalue weighted by Crippen LogP contribution is -2.63. The van der Waals surface area contributed by atoms with Gasteiger partial charge in [0.25, 0.3) is 0 Å². The molecule has 0 N–H and O–H groups in total. The number of hydrogen-bond acceptors (Lipinski definition) is 3. The van der Waals surface area contributed by atoms with E-state index in [-0.39, 0.29) is 5.41 Å². The zero-order valence-corrected chi connectivity index (χ0v) is 12.9. The van der Waals surface area contributed by atoms with Crippen LogP contribution in [0.15, 0.2) is 12.1 Å². The first-order valence-corrected chi connectivity index (χ1v) is 8.33. The number of ether oxygens (including phenoxy) is 2. The van der Waals surface area contributed by atoms with Gasteiger partial charge in [0.1, 0.15) is 6.10 Å². The lowest BCUT2D eigenvalue weighted by atomic mass is 9.52. The minimum Gasteiger partial charge on any atom is -0.493 e. The van der Waals surface area contributed by atoms with Crippen molar-refractivity contribution in [2.45, 2.75) is 49.7 Å². The monoisotopic (exact) mass is 285 g/mol. The van der Waals surface area contributed by atoms with E-state index in [0.717, 1.165) is 17.4 Å². The van der Waals surface area contributed by atoms with Gasteiger partial charge in [0.15, 0.2) is 11.5 Å². The SMILES string of the molecule is COc1ccc2c3c1O[C@@H]1CCC[C@H]4[C@H](C2)N(C)CC[C@]314. The van der Waals surface area contributed by atoms with E-state index in [1.807, 2.05) is 0 Å². The van der Waals surface area contributed by atoms with Crippen LogP contribution in [0.4, 0.5) is 0 Å². The molecule has 2 bridgehead atoms. The average Bonchev–Trinajstić information content (AvgIpc) is 2.84. The molecule has 2 heterocycles. The number of likely N-dealkylation sites (tertiary alicyclic amines) is 1. The minimum absolute atomic E-state index is 0.285. The molecule has 1 saturated carbocycles. The predicted octanol–water partition coefficient (Wildman–Crippen LogP) is 2.75. The molecule has 1 aromatic rings. The molecule has 0 aromatic heterocycles. The van der Waals surface area contributed by atoms with E-state index in [1.165, 1.54) is 49.8 Å². The summed E-state index contributed by atoms with van der Waals surface area (Å²) in [7, 11) is 4.07. The summed E-state index contributed by atoms with van der Waals surface area (Å²) in [6.07, 6.45) is 6.72. The number of benzene rings is 1. The van der Waals surface area contributed by atoms with Crippen LogP contribution in [0.2, 0.25) is 0 Å². The number of hydrogen-bond donors (Lipinski definition) is 0. The Kier molecular flexibility index (Phi) is 2.32. The molecule has 3 heteroatoms. The summed E-state index contributed by atoms with van der Waals surface area (Å²) < 4.78 is 12.1. The van der Waals surface area contributed by atoms with Crippen molar-refractivity contribution in [1.82, 2.24) is 4.90 Å². The van der Waals surface area contributed by atoms with E-state index in [0.29, 0.717) is 12.1 Å². The number of methoxy groups -OCH3 is 1. The van der Waals surface area contributed by atoms with Crippen LogP contribution >= 0.6 is 0 Å². The van der Waals surface area contributed by atoms with Gasteiger partial charge in [-0.15, -0.1) is 0 Å². The molecule has 2 fully saturated rings. The van der Waals surface area contributed by atoms with Gasteiger partial charge in [-0.2, -0.15) is 0 Å². The Bertz CT molecular complexity index is 613. The maximum absolute atomic E-state index is 6.49. The standard InChI is InChI=1S/C18H23NO2/c1-19-9-8-18-12-4-3-5-15(18)21-17-14(20-2)7-6-11(16(17)18)10-13(12)19/h6-7,12-13,15H,3-5,8-10H2,1-2H3/t12-,13-,15+,18+/m0/s1. The lowest BCUT2D eigenvalue weighted by Gasteiger charge is -2.57. The van der Waals surface area contributed by atoms with Crippen LogP contribution in [0.5, 0.6) is 11.5 Å². The molecule has 2 aliphatic carbocycles. The topological polar surface area (TPSA) is 21.7 Å². The fourth-order valence-electron chi connectivity index (χ4n) is 5.86. The molecule has 1 aromatic carbocycles. The Morgan fingerprint density at radius 1 is 1.33 bits per heavy atom. The molecule has 21 heavy (non-hydrogen) atoms. The van der Waals surface area contributed by atoms with Crippen LogP contribution in [-0.2, 0) is 11.8 Å². The van der Waals surface area contributed by atoms with Crippen molar-refractivity contribution in [3.8, 4) is 11.5 Å². The summed E-state index contributed by atoms with van der Waals surface area (Å²) in [6.45, 7) is 1.21. The van der Waals surface area contributed by atoms with E-state index < -0.39 is 0 Å². The van der Waals surface area contributed by atoms with Gasteiger partial charge < -0.3 is 14.4 Å². The zero-order chi connectivity index (χ0) is 14.2. The summed E-state index contributed by atoms with van der Waals surface area (Å²) in [6, 6.07) is 5.11. The zero-order valence-electron chi connectivity index (χ0n) is 12.9. The van der Waals surface area contributed by atoms with Crippen LogP contribution in [0, 0.1) is 5.92 Å². The molecule has 0 unspecified atom stereocenters. The fraction of sp³-hybridized carbons (Fsp3) is 0.667. The van der Waals surface area contributed by atoms with E-state index in [9.17, 15) is 0 Å². The molecule has 5 rings (SSSR count). The second-order valence-electron chi connectivity index (χ2n) is 7.32. The highest BCUT2D eigenvalue weighted by Gasteiger charge is 2.62. The second-order valence-corrected chi connectivity index (χ2v) is 7.32. The van der Waals surface area contributed by atoms with E-state index in [1.54, 1.807) is 7.11 Å². The van der Waals surface area contributed by atoms with Crippen molar-refractivity contribution < 1.29 is 9.47 Å². The average molecular weight is 285 g/mol. The smallest absolute Gasteiger partial charge is 0.165 e. The van der Waals surface area contributed by atoms with Crippen LogP contribution in [0.25, 0.3) is 0 Å². The van der Waals surface area contributed by atoms with E-state index >= 15 is 0 Å². The van der Waals surface area contributed by atoms with Crippen LogP contribution in [0.1, 0.15) is 36.8 Å². The maximum Gasteiger partial charge on any atom is 0.165 e. The number of piperidine rings is 1. The van der Waals surface area contributed by atoms with Gasteiger partial charge in [0.2, 0.25) is 0 Å². The van der Waals surface area contributed by atoms with Crippen LogP contribution in [0.3, 0.4) is 0 Å². The van der Waals surface area contributed by atoms with Gasteiger partial charge in [-0.25, -0.2) is 0 Å². The van der Waals surface area contributed by atoms with E-state index in [4.69, 9.17) is 9.47 Å². The Morgan fingerprint density at radius 3 is 3.10 bits per heavy atom. The number of likely N-dealkylation sites (N-methyl/N-ethyl adjacent to an activating group) is 1. The molecular formula is C18H23NO2. The van der Waals surface area contributed by atoms with Crippen LogP contribution < -0.4 is 9.47 Å². The largest absolute Gasteiger partial charge is 0.493 e. The summed E-state index contributed by atoms with van der Waals surface area (Å²) in [4.78, 5) is 2.60. The van der Waals surface area contributed by atoms with Crippen molar-refractivity contribution in [2.24, 2.45) is 5.92 Å². The first kappa shape index (κ1) is 12.3. The number of nitrogens with zero attached hydrogens (tertiary/aromatic N) is 1. The third-order valence-electron chi connectivity index (χ3n) is 6.71. The highest BCUT2D eigenvalue weighted by Crippen LogP contribution is 2.63. The van der Waals surface area contributed by atoms with Crippen molar-refractivity contribution in [1.29, 1.82) is 0 Å². The Morgan fingerprint density at radius 2 is 2.24 bits per heavy atom. The summed E-state index contributed by atoms with van der Waals surface area (Å²) in [5.74, 6) is 2.79. The summed E-state index contributed by atoms with van der Waals surface area (Å²) in [5, 5.41) is 0. The maximum atomic E-state index is 6.49. The van der Waals surface area contributed by atoms with Crippen molar-refractivity contribution in [3.63, 3.8) is 0 Å². The molecular weight excluding hydrogens is 262 g/mol. The molecule has 0 radical (unpaired) electrons. The van der Waals surface area contributed by atoms with Gasteiger partial charge >= 0.3 is 0 Å². The second kappa shape index (κ2) is 3.95. The Hall–Kier alpha value is -1.22. The molecule has 112 valence electrons. The number of rotatable bonds is 1. The van der Waals surface area contributed by atoms with Gasteiger partial charge in [-0.3, -0.25) is 0 Å². The Balaban J connectivity index is 1.79. The Labute approximate surface area is 126 Å². The van der Waals surface area contributed by atoms with Gasteiger partial charge in [-0.05, 0) is 63.2 Å². The van der Waals surface area contributed by atoms with Crippen molar-refractivity contribution in [2.75, 3.05) is 20.7 Å². The fourth-order valence-corrected chi connectivity index (χ4v) is 5.86. The first-order chi connectivity index (χ1) is 10.3. The summed E-state index contributed by atoms with van der Waals surface area (Å²) in [5.41, 5.74) is 3.33. The summed E-state index contributed by atoms with van der Waals surface area (Å²) >= 11 is 0. The van der Waals surface area contributed by atoms with Crippen molar-refractivity contribution in [3.05, 3.63) is 23.3 Å². The minimum atomic E-state index is 0.285. The normalized spacial score (nSPS) is 39.6. The molecule has 0 amide bonds. The molecule has 2 aliphatic heterocycles. The molecule has 1 spiro atoms. The van der Waals surface area contributed by atoms with Gasteiger partial charge in [0, 0.05) is 17.0 Å². The molecule has 1 saturated heterocycles. The van der Waals surface area contributed by atoms with E-state index in [2.05, 4.69) is 24.1 Å².